The van der Waals surface area contributed by atoms with Crippen LogP contribution in [0.15, 0.2) is 0 Å². The first-order valence-corrected chi connectivity index (χ1v) is 5.00. The van der Waals surface area contributed by atoms with Crippen molar-refractivity contribution >= 4 is 0 Å². The monoisotopic (exact) mass is 153 g/mol. The van der Waals surface area contributed by atoms with E-state index in [1.54, 1.807) is 0 Å². The molecule has 0 radical (unpaired) electrons. The first-order valence-electron chi connectivity index (χ1n) is 5.00. The second-order valence-electron chi connectivity index (χ2n) is 4.43. The minimum atomic E-state index is 0.778. The summed E-state index contributed by atoms with van der Waals surface area (Å²) in [6.07, 6.45) is 2.84. The summed E-state index contributed by atoms with van der Waals surface area (Å²) in [7, 11) is 0. The highest BCUT2D eigenvalue weighted by molar-refractivity contribution is 5.04. The number of nitrogens with one attached hydrogen (secondary N) is 1. The van der Waals surface area contributed by atoms with Crippen molar-refractivity contribution in [3.05, 3.63) is 0 Å². The number of fused-ring (bicyclic) bond motifs is 1. The molecule has 0 bridgehead atoms. The molecule has 0 aromatic rings. The molecule has 2 fully saturated rings. The third kappa shape index (κ3) is 0.936. The summed E-state index contributed by atoms with van der Waals surface area (Å²) in [5, 5.41) is 3.70. The zero-order valence-electron chi connectivity index (χ0n) is 7.80. The van der Waals surface area contributed by atoms with Gasteiger partial charge in [-0.15, -0.1) is 0 Å². The SMILES string of the molecule is CCC1C2C[C@H](C)C2N[C@H]1C. The van der Waals surface area contributed by atoms with E-state index in [0.717, 1.165) is 29.8 Å². The van der Waals surface area contributed by atoms with Crippen LogP contribution in [-0.4, -0.2) is 12.1 Å². The van der Waals surface area contributed by atoms with Crippen LogP contribution >= 0.6 is 0 Å². The Labute approximate surface area is 69.6 Å². The summed E-state index contributed by atoms with van der Waals surface area (Å²) in [5.74, 6) is 2.93. The van der Waals surface area contributed by atoms with Gasteiger partial charge in [0.05, 0.1) is 0 Å². The Kier molecular flexibility index (Phi) is 1.71. The summed E-state index contributed by atoms with van der Waals surface area (Å²) >= 11 is 0. The molecule has 0 aromatic carbocycles. The van der Waals surface area contributed by atoms with Gasteiger partial charge in [0.2, 0.25) is 0 Å². The van der Waals surface area contributed by atoms with Gasteiger partial charge in [-0.05, 0) is 31.1 Å². The van der Waals surface area contributed by atoms with E-state index < -0.39 is 0 Å². The van der Waals surface area contributed by atoms with Crippen LogP contribution in [0.3, 0.4) is 0 Å². The molecule has 0 aromatic heterocycles. The van der Waals surface area contributed by atoms with Crippen molar-refractivity contribution in [1.82, 2.24) is 5.32 Å². The molecule has 1 aliphatic heterocycles. The second-order valence-corrected chi connectivity index (χ2v) is 4.43. The maximum Gasteiger partial charge on any atom is 0.0127 e. The Morgan fingerprint density at radius 3 is 2.55 bits per heavy atom. The highest BCUT2D eigenvalue weighted by Crippen LogP contribution is 2.46. The summed E-state index contributed by atoms with van der Waals surface area (Å²) < 4.78 is 0. The third-order valence-electron chi connectivity index (χ3n) is 3.84. The molecular weight excluding hydrogens is 134 g/mol. The predicted octanol–water partition coefficient (Wildman–Crippen LogP) is 2.03. The van der Waals surface area contributed by atoms with Gasteiger partial charge in [-0.1, -0.05) is 20.3 Å². The van der Waals surface area contributed by atoms with E-state index in [0.29, 0.717) is 0 Å². The normalized spacial score (nSPS) is 55.4. The number of hydrogen-bond acceptors (Lipinski definition) is 1. The first kappa shape index (κ1) is 7.60. The van der Waals surface area contributed by atoms with Crippen LogP contribution in [0.4, 0.5) is 0 Å². The molecule has 5 atom stereocenters. The summed E-state index contributed by atoms with van der Waals surface area (Å²) in [6.45, 7) is 7.05. The van der Waals surface area contributed by atoms with Crippen molar-refractivity contribution in [2.24, 2.45) is 17.8 Å². The third-order valence-corrected chi connectivity index (χ3v) is 3.84. The van der Waals surface area contributed by atoms with Gasteiger partial charge in [0.1, 0.15) is 0 Å². The molecular formula is C10H19N. The van der Waals surface area contributed by atoms with E-state index in [-0.39, 0.29) is 0 Å². The maximum atomic E-state index is 3.70. The molecule has 1 heteroatoms. The predicted molar refractivity (Wildman–Crippen MR) is 47.4 cm³/mol. The second kappa shape index (κ2) is 2.48. The fraction of sp³-hybridized carbons (Fsp3) is 1.00. The molecule has 1 saturated carbocycles. The lowest BCUT2D eigenvalue weighted by molar-refractivity contribution is 0.137. The Morgan fingerprint density at radius 2 is 2.09 bits per heavy atom. The van der Waals surface area contributed by atoms with E-state index in [1.807, 2.05) is 0 Å². The molecule has 2 rings (SSSR count). The lowest BCUT2D eigenvalue weighted by Crippen LogP contribution is -2.45. The molecule has 64 valence electrons. The van der Waals surface area contributed by atoms with Crippen molar-refractivity contribution in [1.29, 1.82) is 0 Å². The average molecular weight is 153 g/mol. The molecule has 0 spiro atoms. The Morgan fingerprint density at radius 1 is 1.36 bits per heavy atom. The van der Waals surface area contributed by atoms with Gasteiger partial charge in [-0.3, -0.25) is 0 Å². The lowest BCUT2D eigenvalue weighted by Gasteiger charge is -2.40. The van der Waals surface area contributed by atoms with Crippen LogP contribution in [0.5, 0.6) is 0 Å². The van der Waals surface area contributed by atoms with Crippen LogP contribution in [0.1, 0.15) is 33.6 Å². The van der Waals surface area contributed by atoms with Crippen LogP contribution in [0.2, 0.25) is 0 Å². The Balaban J connectivity index is 2.04. The van der Waals surface area contributed by atoms with Gasteiger partial charge in [0.15, 0.2) is 0 Å². The van der Waals surface area contributed by atoms with Gasteiger partial charge < -0.3 is 5.32 Å². The molecule has 2 aliphatic rings. The molecule has 1 N–H and O–H groups in total. The van der Waals surface area contributed by atoms with Crippen molar-refractivity contribution in [2.75, 3.05) is 0 Å². The molecule has 1 heterocycles. The fourth-order valence-electron chi connectivity index (χ4n) is 3.13. The van der Waals surface area contributed by atoms with E-state index in [1.165, 1.54) is 12.8 Å². The Bertz CT molecular complexity index is 155. The van der Waals surface area contributed by atoms with Crippen molar-refractivity contribution in [2.45, 2.75) is 45.7 Å². The van der Waals surface area contributed by atoms with Crippen molar-refractivity contribution in [3.63, 3.8) is 0 Å². The smallest absolute Gasteiger partial charge is 0.0127 e. The van der Waals surface area contributed by atoms with E-state index in [2.05, 4.69) is 26.1 Å². The van der Waals surface area contributed by atoms with Gasteiger partial charge in [-0.25, -0.2) is 0 Å². The van der Waals surface area contributed by atoms with E-state index in [9.17, 15) is 0 Å². The van der Waals surface area contributed by atoms with Crippen LogP contribution in [0.25, 0.3) is 0 Å². The standard InChI is InChI=1S/C10H19N/c1-4-8-7(3)11-10-6(2)5-9(8)10/h6-11H,4-5H2,1-3H3/t6-,7-,8?,9?,10?/m0/s1. The van der Waals surface area contributed by atoms with Gasteiger partial charge in [0.25, 0.3) is 0 Å². The number of rotatable bonds is 1. The van der Waals surface area contributed by atoms with Gasteiger partial charge >= 0.3 is 0 Å². The van der Waals surface area contributed by atoms with E-state index in [4.69, 9.17) is 0 Å². The highest BCUT2D eigenvalue weighted by Gasteiger charge is 2.49. The van der Waals surface area contributed by atoms with Crippen molar-refractivity contribution < 1.29 is 0 Å². The summed E-state index contributed by atoms with van der Waals surface area (Å²) in [4.78, 5) is 0. The zero-order chi connectivity index (χ0) is 8.01. The largest absolute Gasteiger partial charge is 0.311 e. The molecule has 1 nitrogen and oxygen atoms in total. The minimum Gasteiger partial charge on any atom is -0.311 e. The van der Waals surface area contributed by atoms with Gasteiger partial charge in [-0.2, -0.15) is 0 Å². The Hall–Kier alpha value is -0.0400. The molecule has 1 saturated heterocycles. The van der Waals surface area contributed by atoms with Crippen LogP contribution in [-0.2, 0) is 0 Å². The molecule has 0 amide bonds. The maximum absolute atomic E-state index is 3.70. The quantitative estimate of drug-likeness (QED) is 0.608. The topological polar surface area (TPSA) is 12.0 Å². The number of hydrogen-bond donors (Lipinski definition) is 1. The molecule has 11 heavy (non-hydrogen) atoms. The van der Waals surface area contributed by atoms with Crippen molar-refractivity contribution in [3.8, 4) is 0 Å². The zero-order valence-corrected chi connectivity index (χ0v) is 7.80. The minimum absolute atomic E-state index is 0.778. The summed E-state index contributed by atoms with van der Waals surface area (Å²) in [5.41, 5.74) is 0. The van der Waals surface area contributed by atoms with E-state index >= 15 is 0 Å². The summed E-state index contributed by atoms with van der Waals surface area (Å²) in [6, 6.07) is 1.65. The first-order chi connectivity index (χ1) is 5.24. The lowest BCUT2D eigenvalue weighted by atomic mass is 9.67. The van der Waals surface area contributed by atoms with Crippen LogP contribution < -0.4 is 5.32 Å². The fourth-order valence-corrected chi connectivity index (χ4v) is 3.13. The van der Waals surface area contributed by atoms with Gasteiger partial charge in [0, 0.05) is 12.1 Å². The van der Waals surface area contributed by atoms with Crippen LogP contribution in [0, 0.1) is 17.8 Å². The molecule has 3 unspecified atom stereocenters. The average Bonchev–Trinajstić information content (AvgIpc) is 2.24. The highest BCUT2D eigenvalue weighted by atomic mass is 15.0. The molecule has 1 aliphatic carbocycles.